The Morgan fingerprint density at radius 2 is 1.87 bits per heavy atom. The van der Waals surface area contributed by atoms with Gasteiger partial charge >= 0.3 is 0 Å². The fourth-order valence-electron chi connectivity index (χ4n) is 1.63. The van der Waals surface area contributed by atoms with Crippen molar-refractivity contribution in [3.63, 3.8) is 0 Å². The minimum Gasteiger partial charge on any atom is -0.267 e. The summed E-state index contributed by atoms with van der Waals surface area (Å²) in [6.07, 6.45) is 5.22. The van der Waals surface area contributed by atoms with Gasteiger partial charge in [-0.3, -0.25) is 4.79 Å². The van der Waals surface area contributed by atoms with Crippen LogP contribution in [0.3, 0.4) is 0 Å². The van der Waals surface area contributed by atoms with Gasteiger partial charge in [0.1, 0.15) is 0 Å². The first-order chi connectivity index (χ1) is 7.04. The molecule has 0 radical (unpaired) electrons. The van der Waals surface area contributed by atoms with Crippen LogP contribution in [0.25, 0.3) is 0 Å². The first-order valence-corrected chi connectivity index (χ1v) is 5.57. The molecule has 0 aromatic heterocycles. The summed E-state index contributed by atoms with van der Waals surface area (Å²) in [5, 5.41) is 0.622. The molecule has 0 aromatic rings. The van der Waals surface area contributed by atoms with E-state index in [4.69, 9.17) is 11.7 Å². The van der Waals surface area contributed by atoms with Crippen LogP contribution in [0.2, 0.25) is 0 Å². The molecule has 0 aliphatic heterocycles. The van der Waals surface area contributed by atoms with Gasteiger partial charge in [-0.15, -0.1) is 0 Å². The number of hydrogen-bond donors (Lipinski definition) is 2. The maximum absolute atomic E-state index is 11.5. The maximum Gasteiger partial charge on any atom is 0.277 e. The molecule has 4 nitrogen and oxygen atoms in total. The average molecular weight is 213 g/mol. The molecule has 1 atom stereocenters. The Balaban J connectivity index is 4.33. The number of unbranched alkanes of at least 4 members (excludes halogenated alkanes) is 1. The summed E-state index contributed by atoms with van der Waals surface area (Å²) in [6, 6.07) is 0. The lowest BCUT2D eigenvalue weighted by Crippen LogP contribution is -2.45. The third kappa shape index (κ3) is 4.95. The highest BCUT2D eigenvalue weighted by Crippen LogP contribution is 2.22. The molecule has 0 saturated heterocycles. The molecule has 0 saturated carbocycles. The van der Waals surface area contributed by atoms with Gasteiger partial charge in [-0.1, -0.05) is 39.7 Å². The molecule has 1 unspecified atom stereocenters. The van der Waals surface area contributed by atoms with Gasteiger partial charge in [0.15, 0.2) is 0 Å². The van der Waals surface area contributed by atoms with Crippen molar-refractivity contribution in [2.45, 2.75) is 46.0 Å². The van der Waals surface area contributed by atoms with Gasteiger partial charge in [0.25, 0.3) is 5.91 Å². The third-order valence-corrected chi connectivity index (χ3v) is 2.55. The number of carbonyl (C=O) groups excluding carboxylic acids is 1. The predicted molar refractivity (Wildman–Crippen MR) is 62.3 cm³/mol. The van der Waals surface area contributed by atoms with Crippen LogP contribution in [0.15, 0.2) is 12.2 Å². The zero-order valence-corrected chi connectivity index (χ0v) is 9.83. The second-order valence-electron chi connectivity index (χ2n) is 3.87. The molecule has 4 heteroatoms. The highest BCUT2D eigenvalue weighted by Gasteiger charge is 2.19. The molecule has 0 fully saturated rings. The molecule has 0 bridgehead atoms. The lowest BCUT2D eigenvalue weighted by Gasteiger charge is -2.20. The van der Waals surface area contributed by atoms with Gasteiger partial charge in [0, 0.05) is 5.57 Å². The van der Waals surface area contributed by atoms with Crippen molar-refractivity contribution in [2.24, 2.45) is 17.6 Å². The maximum atomic E-state index is 11.5. The van der Waals surface area contributed by atoms with Crippen LogP contribution < -0.4 is 11.7 Å². The van der Waals surface area contributed by atoms with E-state index in [0.29, 0.717) is 10.7 Å². The topological polar surface area (TPSA) is 72.3 Å². The Hall–Kier alpha value is -0.870. The molecule has 15 heavy (non-hydrogen) atoms. The summed E-state index contributed by atoms with van der Waals surface area (Å²) in [6.45, 7) is 8.02. The van der Waals surface area contributed by atoms with Crippen molar-refractivity contribution in [1.29, 1.82) is 0 Å². The standard InChI is InChI=1S/C11H23N3O/c1-4-6-8-10(7-5-2)9(3)11(15)14(12)13/h10H,3-8,12-13H2,1-2H3. The summed E-state index contributed by atoms with van der Waals surface area (Å²) in [7, 11) is 0. The number of nitrogens with two attached hydrogens (primary N) is 2. The largest absolute Gasteiger partial charge is 0.277 e. The third-order valence-electron chi connectivity index (χ3n) is 2.55. The molecule has 0 aromatic carbocycles. The van der Waals surface area contributed by atoms with Crippen LogP contribution in [0.4, 0.5) is 0 Å². The normalized spacial score (nSPS) is 12.3. The van der Waals surface area contributed by atoms with E-state index >= 15 is 0 Å². The van der Waals surface area contributed by atoms with Crippen LogP contribution in [0, 0.1) is 5.92 Å². The summed E-state index contributed by atoms with van der Waals surface area (Å²) >= 11 is 0. The molecule has 88 valence electrons. The Kier molecular flexibility index (Phi) is 6.99. The van der Waals surface area contributed by atoms with Gasteiger partial charge in [-0.05, 0) is 18.8 Å². The van der Waals surface area contributed by atoms with Gasteiger partial charge in [0.2, 0.25) is 0 Å². The highest BCUT2D eigenvalue weighted by molar-refractivity contribution is 5.92. The quantitative estimate of drug-likeness (QED) is 0.293. The molecule has 0 aliphatic carbocycles. The van der Waals surface area contributed by atoms with E-state index < -0.39 is 0 Å². The zero-order chi connectivity index (χ0) is 11.8. The van der Waals surface area contributed by atoms with Crippen molar-refractivity contribution in [1.82, 2.24) is 5.12 Å². The van der Waals surface area contributed by atoms with E-state index in [1.165, 1.54) is 0 Å². The first kappa shape index (κ1) is 14.1. The van der Waals surface area contributed by atoms with Crippen molar-refractivity contribution in [3.8, 4) is 0 Å². The number of hydrogen-bond acceptors (Lipinski definition) is 3. The minimum atomic E-state index is -0.357. The van der Waals surface area contributed by atoms with E-state index in [2.05, 4.69) is 20.4 Å². The lowest BCUT2D eigenvalue weighted by atomic mass is 9.90. The molecule has 0 heterocycles. The Bertz CT molecular complexity index is 214. The van der Waals surface area contributed by atoms with Crippen LogP contribution in [0.1, 0.15) is 46.0 Å². The number of carbonyl (C=O) groups is 1. The Morgan fingerprint density at radius 1 is 1.27 bits per heavy atom. The number of amides is 1. The van der Waals surface area contributed by atoms with Crippen LogP contribution >= 0.6 is 0 Å². The predicted octanol–water partition coefficient (Wildman–Crippen LogP) is 1.73. The van der Waals surface area contributed by atoms with Gasteiger partial charge in [-0.25, -0.2) is 16.8 Å². The van der Waals surface area contributed by atoms with Crippen molar-refractivity contribution < 1.29 is 4.79 Å². The van der Waals surface area contributed by atoms with Crippen molar-refractivity contribution >= 4 is 5.91 Å². The fourth-order valence-corrected chi connectivity index (χ4v) is 1.63. The van der Waals surface area contributed by atoms with E-state index in [-0.39, 0.29) is 11.8 Å². The smallest absolute Gasteiger partial charge is 0.267 e. The fraction of sp³-hybridized carbons (Fsp3) is 0.727. The van der Waals surface area contributed by atoms with Crippen molar-refractivity contribution in [2.75, 3.05) is 0 Å². The van der Waals surface area contributed by atoms with E-state index in [0.717, 1.165) is 32.1 Å². The summed E-state index contributed by atoms with van der Waals surface area (Å²) in [5.41, 5.74) is 0.537. The molecular formula is C11H23N3O. The van der Waals surface area contributed by atoms with Crippen LogP contribution in [0.5, 0.6) is 0 Å². The van der Waals surface area contributed by atoms with Gasteiger partial charge in [-0.2, -0.15) is 0 Å². The average Bonchev–Trinajstić information content (AvgIpc) is 2.22. The molecule has 1 amide bonds. The number of nitrogens with zero attached hydrogens (tertiary/aromatic N) is 1. The second kappa shape index (κ2) is 7.43. The molecule has 4 N–H and O–H groups in total. The van der Waals surface area contributed by atoms with E-state index in [1.54, 1.807) is 0 Å². The van der Waals surface area contributed by atoms with E-state index in [9.17, 15) is 4.79 Å². The Morgan fingerprint density at radius 3 is 2.27 bits per heavy atom. The van der Waals surface area contributed by atoms with Gasteiger partial charge < -0.3 is 0 Å². The first-order valence-electron chi connectivity index (χ1n) is 5.57. The summed E-state index contributed by atoms with van der Waals surface area (Å²) < 4.78 is 0. The summed E-state index contributed by atoms with van der Waals surface area (Å²) in [5.74, 6) is 10.3. The van der Waals surface area contributed by atoms with E-state index in [1.807, 2.05) is 0 Å². The Labute approximate surface area is 92.2 Å². The second-order valence-corrected chi connectivity index (χ2v) is 3.87. The molecule has 0 rings (SSSR count). The molecular weight excluding hydrogens is 190 g/mol. The zero-order valence-electron chi connectivity index (χ0n) is 9.83. The minimum absolute atomic E-state index is 0.219. The number of hydrazine groups is 2. The molecule has 0 aliphatic rings. The monoisotopic (exact) mass is 213 g/mol. The molecule has 0 spiro atoms. The SMILES string of the molecule is C=C(C(=O)N(N)N)C(CCC)CCCC. The van der Waals surface area contributed by atoms with Crippen molar-refractivity contribution in [3.05, 3.63) is 12.2 Å². The summed E-state index contributed by atoms with van der Waals surface area (Å²) in [4.78, 5) is 11.5. The van der Waals surface area contributed by atoms with Gasteiger partial charge in [0.05, 0.1) is 0 Å². The highest BCUT2D eigenvalue weighted by atomic mass is 16.2. The number of rotatable bonds is 7. The van der Waals surface area contributed by atoms with Crippen LogP contribution in [-0.4, -0.2) is 11.0 Å². The van der Waals surface area contributed by atoms with Crippen LogP contribution in [-0.2, 0) is 4.79 Å². The lowest BCUT2D eigenvalue weighted by molar-refractivity contribution is -0.128.